The van der Waals surface area contributed by atoms with Crippen LogP contribution in [-0.4, -0.2) is 47.5 Å². The molecule has 3 aromatic rings. The second kappa shape index (κ2) is 9.78. The highest BCUT2D eigenvalue weighted by Crippen LogP contribution is 2.47. The Bertz CT molecular complexity index is 1570. The van der Waals surface area contributed by atoms with E-state index in [0.717, 1.165) is 0 Å². The van der Waals surface area contributed by atoms with Gasteiger partial charge in [-0.1, -0.05) is 54.6 Å². The minimum absolute atomic E-state index is 0.186. The number of imide groups is 1. The highest BCUT2D eigenvalue weighted by Gasteiger charge is 2.63. The molecule has 3 heterocycles. The Morgan fingerprint density at radius 1 is 0.846 bits per heavy atom. The zero-order chi connectivity index (χ0) is 27.3. The molecule has 3 aliphatic rings. The number of hydrogen-bond donors (Lipinski definition) is 0. The van der Waals surface area contributed by atoms with Gasteiger partial charge in [0.15, 0.2) is 11.6 Å². The molecule has 0 aromatic heterocycles. The van der Waals surface area contributed by atoms with Gasteiger partial charge in [-0.3, -0.25) is 19.2 Å². The number of allylic oxidation sites excluding steroid dienone is 2. The third kappa shape index (κ3) is 4.03. The molecule has 0 aliphatic carbocycles. The fourth-order valence-electron chi connectivity index (χ4n) is 5.78. The van der Waals surface area contributed by atoms with Crippen LogP contribution in [0.1, 0.15) is 20.7 Å². The number of ether oxygens (including phenoxy) is 1. The summed E-state index contributed by atoms with van der Waals surface area (Å²) in [4.78, 5) is 57.9. The summed E-state index contributed by atoms with van der Waals surface area (Å²) in [6.07, 6.45) is 5.05. The van der Waals surface area contributed by atoms with Crippen molar-refractivity contribution in [1.82, 2.24) is 4.90 Å². The topological polar surface area (TPSA) is 84.0 Å². The molecule has 4 atom stereocenters. The first-order valence-corrected chi connectivity index (χ1v) is 13.3. The second-order valence-corrected chi connectivity index (χ2v) is 10.5. The van der Waals surface area contributed by atoms with E-state index >= 15 is 0 Å². The van der Waals surface area contributed by atoms with Gasteiger partial charge >= 0.3 is 0 Å². The van der Waals surface area contributed by atoms with Crippen LogP contribution in [0, 0.1) is 11.8 Å². The van der Waals surface area contributed by atoms with Crippen molar-refractivity contribution in [2.45, 2.75) is 12.1 Å². The molecule has 2 saturated heterocycles. The number of Topliss-reactive ketones (excluding diaryl/α,β-unsaturated/α-hetero) is 2. The Labute approximate surface area is 233 Å². The van der Waals surface area contributed by atoms with E-state index in [0.29, 0.717) is 32.6 Å². The Morgan fingerprint density at radius 2 is 1.51 bits per heavy atom. The number of methoxy groups -OCH3 is 1. The molecule has 8 heteroatoms. The molecule has 3 aliphatic heterocycles. The van der Waals surface area contributed by atoms with Gasteiger partial charge in [-0.25, -0.2) is 4.90 Å². The zero-order valence-corrected chi connectivity index (χ0v) is 22.4. The van der Waals surface area contributed by atoms with Crippen LogP contribution >= 0.6 is 15.9 Å². The predicted molar refractivity (Wildman–Crippen MR) is 148 cm³/mol. The lowest BCUT2D eigenvalue weighted by molar-refractivity contribution is -0.123. The summed E-state index contributed by atoms with van der Waals surface area (Å²) in [5.74, 6) is -2.44. The van der Waals surface area contributed by atoms with Gasteiger partial charge in [0.1, 0.15) is 11.8 Å². The number of rotatable bonds is 6. The van der Waals surface area contributed by atoms with Gasteiger partial charge in [-0.05, 0) is 52.3 Å². The van der Waals surface area contributed by atoms with Crippen molar-refractivity contribution >= 4 is 45.0 Å². The Kier molecular flexibility index (Phi) is 6.27. The van der Waals surface area contributed by atoms with E-state index in [-0.39, 0.29) is 17.5 Å². The normalized spacial score (nSPS) is 23.4. The van der Waals surface area contributed by atoms with Crippen molar-refractivity contribution in [2.24, 2.45) is 11.8 Å². The van der Waals surface area contributed by atoms with Gasteiger partial charge in [0.05, 0.1) is 35.1 Å². The summed E-state index contributed by atoms with van der Waals surface area (Å²) in [6, 6.07) is 21.0. The van der Waals surface area contributed by atoms with Crippen LogP contribution < -0.4 is 9.64 Å². The SMILES string of the molecule is COc1ccc(C(=O)[C@@H]2[C@@H]3C(=O)N(c4ccccc4)C(=O)[C@H]3[C@@H]3C=C(C(=O)c4ccccc4)C=CN23)cc1Br. The highest BCUT2D eigenvalue weighted by molar-refractivity contribution is 9.10. The van der Waals surface area contributed by atoms with Gasteiger partial charge in [0, 0.05) is 22.9 Å². The highest BCUT2D eigenvalue weighted by atomic mass is 79.9. The summed E-state index contributed by atoms with van der Waals surface area (Å²) in [5, 5.41) is 0. The molecule has 39 heavy (non-hydrogen) atoms. The first kappa shape index (κ1) is 25.0. The number of fused-ring (bicyclic) bond motifs is 3. The number of carbonyl (C=O) groups is 4. The molecule has 0 spiro atoms. The molecule has 2 fully saturated rings. The van der Waals surface area contributed by atoms with Crippen molar-refractivity contribution in [3.05, 3.63) is 118 Å². The third-order valence-corrected chi connectivity index (χ3v) is 8.19. The number of para-hydroxylation sites is 1. The van der Waals surface area contributed by atoms with E-state index in [4.69, 9.17) is 4.74 Å². The van der Waals surface area contributed by atoms with Gasteiger partial charge in [-0.2, -0.15) is 0 Å². The van der Waals surface area contributed by atoms with E-state index in [1.54, 1.807) is 96.0 Å². The van der Waals surface area contributed by atoms with Crippen LogP contribution in [0.4, 0.5) is 5.69 Å². The number of hydrogen-bond acceptors (Lipinski definition) is 6. The molecule has 3 aromatic carbocycles. The van der Waals surface area contributed by atoms with Crippen LogP contribution in [0.5, 0.6) is 5.75 Å². The number of benzene rings is 3. The minimum Gasteiger partial charge on any atom is -0.496 e. The van der Waals surface area contributed by atoms with Crippen LogP contribution in [0.2, 0.25) is 0 Å². The number of halogens is 1. The summed E-state index contributed by atoms with van der Waals surface area (Å²) < 4.78 is 5.90. The first-order chi connectivity index (χ1) is 18.9. The predicted octanol–water partition coefficient (Wildman–Crippen LogP) is 4.84. The quantitative estimate of drug-likeness (QED) is 0.305. The van der Waals surface area contributed by atoms with Gasteiger partial charge in [0.25, 0.3) is 0 Å². The lowest BCUT2D eigenvalue weighted by Gasteiger charge is -2.32. The van der Waals surface area contributed by atoms with E-state index < -0.39 is 29.8 Å². The molecule has 6 rings (SSSR count). The molecule has 0 N–H and O–H groups in total. The van der Waals surface area contributed by atoms with E-state index in [1.165, 1.54) is 12.0 Å². The maximum absolute atomic E-state index is 14.0. The van der Waals surface area contributed by atoms with Crippen molar-refractivity contribution < 1.29 is 23.9 Å². The molecular weight excluding hydrogens is 560 g/mol. The van der Waals surface area contributed by atoms with Crippen molar-refractivity contribution in [2.75, 3.05) is 12.0 Å². The van der Waals surface area contributed by atoms with Crippen molar-refractivity contribution in [3.8, 4) is 5.75 Å². The number of amides is 2. The maximum Gasteiger partial charge on any atom is 0.240 e. The lowest BCUT2D eigenvalue weighted by Crippen LogP contribution is -2.46. The Balaban J connectivity index is 1.43. The van der Waals surface area contributed by atoms with Gasteiger partial charge < -0.3 is 9.64 Å². The molecule has 7 nitrogen and oxygen atoms in total. The average Bonchev–Trinajstić information content (AvgIpc) is 3.44. The Morgan fingerprint density at radius 3 is 2.18 bits per heavy atom. The van der Waals surface area contributed by atoms with E-state index in [2.05, 4.69) is 15.9 Å². The fourth-order valence-corrected chi connectivity index (χ4v) is 6.32. The number of anilines is 1. The number of carbonyl (C=O) groups excluding carboxylic acids is 4. The second-order valence-electron chi connectivity index (χ2n) is 9.63. The standard InChI is InChI=1S/C31H23BrN2O5/c1-39-24-13-12-19(16-22(24)32)29(36)27-26-25(30(37)34(31(26)38)21-10-6-3-7-11-21)23-17-20(14-15-33(23)27)28(35)18-8-4-2-5-9-18/h2-17,23,25-27H,1H3/t23-,25-,26+,27-/m0/s1. The monoisotopic (exact) mass is 582 g/mol. The lowest BCUT2D eigenvalue weighted by atomic mass is 9.85. The summed E-state index contributed by atoms with van der Waals surface area (Å²) in [7, 11) is 1.54. The molecule has 0 unspecified atom stereocenters. The smallest absolute Gasteiger partial charge is 0.240 e. The average molecular weight is 583 g/mol. The zero-order valence-electron chi connectivity index (χ0n) is 20.9. The molecular formula is C31H23BrN2O5. The summed E-state index contributed by atoms with van der Waals surface area (Å²) in [6.45, 7) is 0. The number of nitrogens with zero attached hydrogens (tertiary/aromatic N) is 2. The largest absolute Gasteiger partial charge is 0.496 e. The Hall–Kier alpha value is -4.30. The summed E-state index contributed by atoms with van der Waals surface area (Å²) in [5.41, 5.74) is 1.78. The maximum atomic E-state index is 14.0. The first-order valence-electron chi connectivity index (χ1n) is 12.5. The van der Waals surface area contributed by atoms with Gasteiger partial charge in [-0.15, -0.1) is 0 Å². The molecule has 0 saturated carbocycles. The number of ketones is 2. The molecule has 194 valence electrons. The van der Waals surface area contributed by atoms with Gasteiger partial charge in [0.2, 0.25) is 11.8 Å². The van der Waals surface area contributed by atoms with Crippen LogP contribution in [0.25, 0.3) is 0 Å². The molecule has 0 radical (unpaired) electrons. The van der Waals surface area contributed by atoms with Crippen LogP contribution in [-0.2, 0) is 9.59 Å². The van der Waals surface area contributed by atoms with E-state index in [9.17, 15) is 19.2 Å². The van der Waals surface area contributed by atoms with Crippen LogP contribution in [0.3, 0.4) is 0 Å². The molecule has 2 amide bonds. The van der Waals surface area contributed by atoms with Crippen molar-refractivity contribution in [1.29, 1.82) is 0 Å². The minimum atomic E-state index is -0.925. The fraction of sp³-hybridized carbons (Fsp3) is 0.161. The van der Waals surface area contributed by atoms with E-state index in [1.807, 2.05) is 6.07 Å². The van der Waals surface area contributed by atoms with Crippen molar-refractivity contribution in [3.63, 3.8) is 0 Å². The summed E-state index contributed by atoms with van der Waals surface area (Å²) >= 11 is 3.44. The van der Waals surface area contributed by atoms with Crippen LogP contribution in [0.15, 0.2) is 107 Å². The molecule has 0 bridgehead atoms. The third-order valence-electron chi connectivity index (χ3n) is 7.57.